The highest BCUT2D eigenvalue weighted by Crippen LogP contribution is 2.31. The minimum absolute atomic E-state index is 0.191. The number of hydrogen-bond donors (Lipinski definition) is 2. The minimum atomic E-state index is -0.994. The Morgan fingerprint density at radius 2 is 1.85 bits per heavy atom. The molecule has 2 aromatic carbocycles. The first-order chi connectivity index (χ1) is 16.0. The molecule has 0 saturated carbocycles. The van der Waals surface area contributed by atoms with Crippen LogP contribution in [0.1, 0.15) is 36.2 Å². The van der Waals surface area contributed by atoms with Gasteiger partial charge in [-0.3, -0.25) is 4.68 Å². The summed E-state index contributed by atoms with van der Waals surface area (Å²) < 4.78 is 2.15. The van der Waals surface area contributed by atoms with E-state index in [9.17, 15) is 9.90 Å². The highest BCUT2D eigenvalue weighted by molar-refractivity contribution is 9.10. The van der Waals surface area contributed by atoms with Crippen molar-refractivity contribution in [3.05, 3.63) is 64.3 Å². The van der Waals surface area contributed by atoms with Crippen molar-refractivity contribution in [3.63, 3.8) is 0 Å². The van der Waals surface area contributed by atoms with Gasteiger partial charge in [-0.2, -0.15) is 10.3 Å². The van der Waals surface area contributed by atoms with Crippen LogP contribution in [-0.2, 0) is 13.1 Å². The monoisotopic (exact) mass is 509 g/mol. The van der Waals surface area contributed by atoms with Gasteiger partial charge in [-0.1, -0.05) is 55.5 Å². The fraction of sp³-hybridized carbons (Fsp3) is 0.261. The first-order valence-electron chi connectivity index (χ1n) is 10.7. The maximum Gasteiger partial charge on any atom is 0.342 e. The van der Waals surface area contributed by atoms with Crippen molar-refractivity contribution in [2.75, 3.05) is 11.4 Å². The van der Waals surface area contributed by atoms with E-state index in [-0.39, 0.29) is 5.56 Å². The second-order valence-electron chi connectivity index (χ2n) is 7.51. The van der Waals surface area contributed by atoms with Crippen LogP contribution in [0.4, 0.5) is 5.82 Å². The molecule has 4 aromatic rings. The Kier molecular flexibility index (Phi) is 6.83. The van der Waals surface area contributed by atoms with Crippen LogP contribution in [0.15, 0.2) is 53.1 Å². The van der Waals surface area contributed by atoms with Crippen molar-refractivity contribution in [2.45, 2.75) is 33.4 Å². The summed E-state index contributed by atoms with van der Waals surface area (Å²) in [5.41, 5.74) is 4.19. The molecular formula is C23H24BrN7O2. The van der Waals surface area contributed by atoms with Gasteiger partial charge in [-0.05, 0) is 51.2 Å². The number of benzene rings is 2. The standard InChI is InChI=1S/C23H24BrN7O2/c1-3-13-30(22-19(23(32)33)20(24)31(4-2)27-22)14-15-9-11-16(12-10-15)17-7-5-6-8-18(17)21-25-28-29-26-21/h5-12H,3-4,13-14H2,1-2H3,(H,32,33)(H,25,26,28,29). The number of hydrogen-bond acceptors (Lipinski definition) is 6. The number of aromatic carboxylic acids is 1. The van der Waals surface area contributed by atoms with Crippen LogP contribution in [0.3, 0.4) is 0 Å². The Morgan fingerprint density at radius 3 is 2.45 bits per heavy atom. The van der Waals surface area contributed by atoms with Crippen LogP contribution in [-0.4, -0.2) is 48.0 Å². The van der Waals surface area contributed by atoms with Crippen LogP contribution in [0.25, 0.3) is 22.5 Å². The molecule has 2 heterocycles. The third-order valence-electron chi connectivity index (χ3n) is 5.33. The highest BCUT2D eigenvalue weighted by atomic mass is 79.9. The first-order valence-corrected chi connectivity index (χ1v) is 11.5. The van der Waals surface area contributed by atoms with E-state index >= 15 is 0 Å². The molecule has 10 heteroatoms. The van der Waals surface area contributed by atoms with E-state index in [0.717, 1.165) is 28.7 Å². The number of carboxylic acids is 1. The van der Waals surface area contributed by atoms with Crippen molar-refractivity contribution in [2.24, 2.45) is 0 Å². The Bertz CT molecular complexity index is 1240. The molecule has 170 valence electrons. The number of aryl methyl sites for hydroxylation is 1. The third-order valence-corrected chi connectivity index (χ3v) is 6.14. The van der Waals surface area contributed by atoms with E-state index in [1.54, 1.807) is 4.68 Å². The summed E-state index contributed by atoms with van der Waals surface area (Å²) >= 11 is 3.40. The van der Waals surface area contributed by atoms with Gasteiger partial charge in [0.05, 0.1) is 0 Å². The number of carboxylic acid groups (broad SMARTS) is 1. The predicted octanol–water partition coefficient (Wildman–Crippen LogP) is 4.63. The number of nitrogens with zero attached hydrogens (tertiary/aromatic N) is 6. The number of tetrazole rings is 1. The Labute approximate surface area is 199 Å². The lowest BCUT2D eigenvalue weighted by Crippen LogP contribution is -2.25. The van der Waals surface area contributed by atoms with Gasteiger partial charge in [0.2, 0.25) is 5.82 Å². The molecule has 2 N–H and O–H groups in total. The summed E-state index contributed by atoms with van der Waals surface area (Å²) in [4.78, 5) is 14.0. The van der Waals surface area contributed by atoms with Crippen molar-refractivity contribution < 1.29 is 9.90 Å². The molecule has 0 aliphatic carbocycles. The number of H-pyrrole nitrogens is 1. The number of halogens is 1. The lowest BCUT2D eigenvalue weighted by molar-refractivity contribution is 0.0696. The molecule has 0 spiro atoms. The Morgan fingerprint density at radius 1 is 1.12 bits per heavy atom. The second kappa shape index (κ2) is 9.95. The summed E-state index contributed by atoms with van der Waals surface area (Å²) in [6.45, 7) is 5.82. The lowest BCUT2D eigenvalue weighted by atomic mass is 9.98. The fourth-order valence-corrected chi connectivity index (χ4v) is 4.47. The fourth-order valence-electron chi connectivity index (χ4n) is 3.79. The zero-order chi connectivity index (χ0) is 23.4. The van der Waals surface area contributed by atoms with Gasteiger partial charge in [-0.25, -0.2) is 4.79 Å². The van der Waals surface area contributed by atoms with Crippen LogP contribution in [0, 0.1) is 0 Å². The molecule has 0 radical (unpaired) electrons. The van der Waals surface area contributed by atoms with Crippen molar-refractivity contribution >= 4 is 27.7 Å². The maximum atomic E-state index is 11.9. The van der Waals surface area contributed by atoms with Crippen molar-refractivity contribution in [1.29, 1.82) is 0 Å². The molecule has 4 rings (SSSR count). The molecule has 0 bridgehead atoms. The Balaban J connectivity index is 1.63. The number of aromatic nitrogens is 6. The SMILES string of the molecule is CCCN(Cc1ccc(-c2ccccc2-c2nn[nH]n2)cc1)c1nn(CC)c(Br)c1C(=O)O. The van der Waals surface area contributed by atoms with Crippen LogP contribution in [0.5, 0.6) is 0 Å². The number of nitrogens with one attached hydrogen (secondary N) is 1. The molecule has 0 atom stereocenters. The van der Waals surface area contributed by atoms with E-state index in [0.29, 0.717) is 35.9 Å². The second-order valence-corrected chi connectivity index (χ2v) is 8.26. The number of anilines is 1. The van der Waals surface area contributed by atoms with E-state index in [2.05, 4.69) is 72.8 Å². The van der Waals surface area contributed by atoms with Gasteiger partial charge in [0, 0.05) is 25.2 Å². The molecule has 0 aliphatic rings. The van der Waals surface area contributed by atoms with Crippen molar-refractivity contribution in [3.8, 4) is 22.5 Å². The lowest BCUT2D eigenvalue weighted by Gasteiger charge is -2.23. The minimum Gasteiger partial charge on any atom is -0.477 e. The zero-order valence-electron chi connectivity index (χ0n) is 18.4. The van der Waals surface area contributed by atoms with Crippen LogP contribution >= 0.6 is 15.9 Å². The quantitative estimate of drug-likeness (QED) is 0.338. The molecule has 9 nitrogen and oxygen atoms in total. The number of rotatable bonds is 9. The van der Waals surface area contributed by atoms with E-state index in [1.807, 2.05) is 36.1 Å². The normalized spacial score (nSPS) is 11.0. The molecule has 0 fully saturated rings. The summed E-state index contributed by atoms with van der Waals surface area (Å²) in [5, 5.41) is 28.7. The van der Waals surface area contributed by atoms with Gasteiger partial charge in [-0.15, -0.1) is 10.2 Å². The summed E-state index contributed by atoms with van der Waals surface area (Å²) in [5.74, 6) is 0.0257. The molecule has 2 aromatic heterocycles. The van der Waals surface area contributed by atoms with Gasteiger partial charge in [0.25, 0.3) is 0 Å². The zero-order valence-corrected chi connectivity index (χ0v) is 19.9. The van der Waals surface area contributed by atoms with E-state index in [4.69, 9.17) is 0 Å². The summed E-state index contributed by atoms with van der Waals surface area (Å²) in [7, 11) is 0. The molecule has 33 heavy (non-hydrogen) atoms. The average molecular weight is 510 g/mol. The average Bonchev–Trinajstić information content (AvgIpc) is 3.47. The third kappa shape index (κ3) is 4.65. The van der Waals surface area contributed by atoms with Gasteiger partial charge < -0.3 is 10.0 Å². The molecule has 0 amide bonds. The highest BCUT2D eigenvalue weighted by Gasteiger charge is 2.25. The van der Waals surface area contributed by atoms with Crippen LogP contribution in [0.2, 0.25) is 0 Å². The summed E-state index contributed by atoms with van der Waals surface area (Å²) in [6, 6.07) is 16.1. The first kappa shape index (κ1) is 22.7. The predicted molar refractivity (Wildman–Crippen MR) is 129 cm³/mol. The molecular weight excluding hydrogens is 486 g/mol. The molecule has 0 saturated heterocycles. The van der Waals surface area contributed by atoms with E-state index < -0.39 is 5.97 Å². The molecule has 0 unspecified atom stereocenters. The maximum absolute atomic E-state index is 11.9. The molecule has 0 aliphatic heterocycles. The van der Waals surface area contributed by atoms with Crippen molar-refractivity contribution in [1.82, 2.24) is 30.4 Å². The van der Waals surface area contributed by atoms with Gasteiger partial charge >= 0.3 is 5.97 Å². The summed E-state index contributed by atoms with van der Waals surface area (Å²) in [6.07, 6.45) is 0.867. The number of aromatic amines is 1. The van der Waals surface area contributed by atoms with Gasteiger partial charge in [0.1, 0.15) is 10.2 Å². The topological polar surface area (TPSA) is 113 Å². The number of carbonyl (C=O) groups is 1. The largest absolute Gasteiger partial charge is 0.477 e. The van der Waals surface area contributed by atoms with Crippen LogP contribution < -0.4 is 4.90 Å². The van der Waals surface area contributed by atoms with Gasteiger partial charge in [0.15, 0.2) is 5.82 Å². The Hall–Kier alpha value is -3.53. The smallest absolute Gasteiger partial charge is 0.342 e. The van der Waals surface area contributed by atoms with E-state index in [1.165, 1.54) is 0 Å².